The molecule has 0 aromatic carbocycles. The number of nitrogens with zero attached hydrogens (tertiary/aromatic N) is 7. The van der Waals surface area contributed by atoms with E-state index < -0.39 is 0 Å². The van der Waals surface area contributed by atoms with E-state index >= 15 is 0 Å². The van der Waals surface area contributed by atoms with Crippen LogP contribution in [0.2, 0.25) is 0 Å². The summed E-state index contributed by atoms with van der Waals surface area (Å²) in [5, 5.41) is 17.7. The normalized spacial score (nSPS) is 21.9. The number of aromatic amines is 1. The van der Waals surface area contributed by atoms with Crippen molar-refractivity contribution in [1.29, 1.82) is 5.26 Å². The van der Waals surface area contributed by atoms with Crippen LogP contribution in [0.1, 0.15) is 43.6 Å². The van der Waals surface area contributed by atoms with Crippen LogP contribution in [0.5, 0.6) is 5.88 Å². The predicted molar refractivity (Wildman–Crippen MR) is 99.6 cm³/mol. The molecule has 1 saturated carbocycles. The fourth-order valence-corrected chi connectivity index (χ4v) is 4.18. The molecule has 0 spiro atoms. The maximum Gasteiger partial charge on any atom is 0.232 e. The molecule has 28 heavy (non-hydrogen) atoms. The summed E-state index contributed by atoms with van der Waals surface area (Å²) >= 11 is 0. The van der Waals surface area contributed by atoms with Gasteiger partial charge in [-0.1, -0.05) is 13.3 Å². The number of hydrogen-bond donors (Lipinski definition) is 1. The van der Waals surface area contributed by atoms with E-state index in [9.17, 15) is 0 Å². The van der Waals surface area contributed by atoms with Gasteiger partial charge < -0.3 is 9.72 Å². The van der Waals surface area contributed by atoms with Gasteiger partial charge in [0.2, 0.25) is 5.88 Å². The minimum Gasteiger partial charge on any atom is -0.473 e. The molecule has 1 fully saturated rings. The molecule has 1 unspecified atom stereocenters. The van der Waals surface area contributed by atoms with Gasteiger partial charge in [-0.15, -0.1) is 10.2 Å². The number of nitrogens with one attached hydrogen (secondary N) is 1. The molecule has 1 N–H and O–H groups in total. The highest BCUT2D eigenvalue weighted by Crippen LogP contribution is 2.42. The zero-order valence-electron chi connectivity index (χ0n) is 15.3. The van der Waals surface area contributed by atoms with Crippen molar-refractivity contribution in [3.63, 3.8) is 0 Å². The van der Waals surface area contributed by atoms with Gasteiger partial charge in [0.05, 0.1) is 24.1 Å². The van der Waals surface area contributed by atoms with Gasteiger partial charge in [-0.2, -0.15) is 5.26 Å². The Morgan fingerprint density at radius 3 is 2.93 bits per heavy atom. The third kappa shape index (κ3) is 2.65. The highest BCUT2D eigenvalue weighted by Gasteiger charge is 2.38. The molecule has 4 heterocycles. The first-order chi connectivity index (χ1) is 13.8. The van der Waals surface area contributed by atoms with Gasteiger partial charge in [0, 0.05) is 12.1 Å². The van der Waals surface area contributed by atoms with Crippen LogP contribution in [0.4, 0.5) is 0 Å². The average Bonchev–Trinajstić information content (AvgIpc) is 3.45. The Morgan fingerprint density at radius 1 is 1.21 bits per heavy atom. The molecular weight excluding hydrogens is 356 g/mol. The van der Waals surface area contributed by atoms with Crippen LogP contribution < -0.4 is 4.74 Å². The van der Waals surface area contributed by atoms with Crippen molar-refractivity contribution in [1.82, 2.24) is 34.5 Å². The summed E-state index contributed by atoms with van der Waals surface area (Å²) < 4.78 is 8.15. The number of aromatic nitrogens is 7. The lowest BCUT2D eigenvalue weighted by atomic mass is 9.93. The Bertz CT molecular complexity index is 1170. The first-order valence-electron chi connectivity index (χ1n) is 9.32. The molecule has 3 atom stereocenters. The van der Waals surface area contributed by atoms with Crippen LogP contribution in [0.15, 0.2) is 30.9 Å². The van der Waals surface area contributed by atoms with Gasteiger partial charge in [0.1, 0.15) is 18.0 Å². The SMILES string of the molecule is CC[C@H]1C[C@@H](Oc2cnc(C#N)cn2)CC1c1nnc2cnc3[nH]ccc3n12. The minimum atomic E-state index is 0.0214. The highest BCUT2D eigenvalue weighted by atomic mass is 16.5. The van der Waals surface area contributed by atoms with Crippen LogP contribution in [0.25, 0.3) is 16.8 Å². The molecule has 0 aliphatic heterocycles. The van der Waals surface area contributed by atoms with E-state index in [0.29, 0.717) is 11.8 Å². The van der Waals surface area contributed by atoms with Gasteiger partial charge in [0.25, 0.3) is 0 Å². The summed E-state index contributed by atoms with van der Waals surface area (Å²) in [5.74, 6) is 2.07. The predicted octanol–water partition coefficient (Wildman–Crippen LogP) is 2.62. The lowest BCUT2D eigenvalue weighted by Gasteiger charge is -2.15. The van der Waals surface area contributed by atoms with Gasteiger partial charge in [-0.05, 0) is 24.8 Å². The molecule has 4 aromatic heterocycles. The van der Waals surface area contributed by atoms with Crippen LogP contribution >= 0.6 is 0 Å². The Hall–Kier alpha value is -3.54. The third-order valence-electron chi connectivity index (χ3n) is 5.50. The highest BCUT2D eigenvalue weighted by molar-refractivity contribution is 5.74. The molecule has 140 valence electrons. The second-order valence-electron chi connectivity index (χ2n) is 7.06. The van der Waals surface area contributed by atoms with E-state index in [1.807, 2.05) is 18.3 Å². The number of fused-ring (bicyclic) bond motifs is 3. The van der Waals surface area contributed by atoms with Crippen molar-refractivity contribution in [2.24, 2.45) is 5.92 Å². The van der Waals surface area contributed by atoms with E-state index in [0.717, 1.165) is 41.9 Å². The van der Waals surface area contributed by atoms with E-state index in [1.165, 1.54) is 12.4 Å². The van der Waals surface area contributed by atoms with Crippen molar-refractivity contribution < 1.29 is 4.74 Å². The van der Waals surface area contributed by atoms with Crippen LogP contribution in [-0.4, -0.2) is 40.6 Å². The second-order valence-corrected chi connectivity index (χ2v) is 7.06. The quantitative estimate of drug-likeness (QED) is 0.583. The van der Waals surface area contributed by atoms with Gasteiger partial charge in [-0.3, -0.25) is 4.40 Å². The summed E-state index contributed by atoms with van der Waals surface area (Å²) in [7, 11) is 0. The van der Waals surface area contributed by atoms with Crippen molar-refractivity contribution in [2.45, 2.75) is 38.2 Å². The maximum absolute atomic E-state index is 8.85. The lowest BCUT2D eigenvalue weighted by Crippen LogP contribution is -2.13. The molecule has 1 aliphatic carbocycles. The molecule has 4 aromatic rings. The third-order valence-corrected chi connectivity index (χ3v) is 5.50. The van der Waals surface area contributed by atoms with Gasteiger partial charge >= 0.3 is 0 Å². The molecule has 1 aliphatic rings. The largest absolute Gasteiger partial charge is 0.473 e. The number of hydrogen-bond acceptors (Lipinski definition) is 7. The molecule has 9 nitrogen and oxygen atoms in total. The van der Waals surface area contributed by atoms with Crippen molar-refractivity contribution in [2.75, 3.05) is 0 Å². The molecule has 5 rings (SSSR count). The standard InChI is InChI=1S/C19H18N8O/c1-2-11-5-13(28-17-10-22-12(7-20)8-23-17)6-14(11)19-26-25-16-9-24-18-15(27(16)19)3-4-21-18/h3-4,8-11,13-14,21H,2,5-6H2,1H3/t11-,13+,14?/m0/s1. The zero-order valence-corrected chi connectivity index (χ0v) is 15.3. The molecule has 0 saturated heterocycles. The Kier molecular flexibility index (Phi) is 3.90. The smallest absolute Gasteiger partial charge is 0.232 e. The van der Waals surface area contributed by atoms with E-state index in [1.54, 1.807) is 6.20 Å². The summed E-state index contributed by atoms with van der Waals surface area (Å²) in [6.07, 6.45) is 9.35. The first-order valence-corrected chi connectivity index (χ1v) is 9.32. The minimum absolute atomic E-state index is 0.0214. The number of rotatable bonds is 4. The van der Waals surface area contributed by atoms with Crippen molar-refractivity contribution in [3.8, 4) is 11.9 Å². The van der Waals surface area contributed by atoms with Gasteiger partial charge in [0.15, 0.2) is 17.0 Å². The number of nitriles is 1. The topological polar surface area (TPSA) is 118 Å². The van der Waals surface area contributed by atoms with Crippen molar-refractivity contribution in [3.05, 3.63) is 42.4 Å². The Labute approximate surface area is 160 Å². The zero-order chi connectivity index (χ0) is 19.1. The fourth-order valence-electron chi connectivity index (χ4n) is 4.18. The Morgan fingerprint density at radius 2 is 2.14 bits per heavy atom. The van der Waals surface area contributed by atoms with Gasteiger partial charge in [-0.25, -0.2) is 15.0 Å². The molecule has 0 amide bonds. The first kappa shape index (κ1) is 16.6. The van der Waals surface area contributed by atoms with E-state index in [2.05, 4.69) is 41.5 Å². The summed E-state index contributed by atoms with van der Waals surface area (Å²) in [4.78, 5) is 15.8. The average molecular weight is 374 g/mol. The Balaban J connectivity index is 1.46. The van der Waals surface area contributed by atoms with E-state index in [-0.39, 0.29) is 17.7 Å². The van der Waals surface area contributed by atoms with E-state index in [4.69, 9.17) is 10.00 Å². The van der Waals surface area contributed by atoms with Crippen LogP contribution in [-0.2, 0) is 0 Å². The number of ether oxygens (including phenoxy) is 1. The molecule has 0 radical (unpaired) electrons. The van der Waals surface area contributed by atoms with Crippen molar-refractivity contribution >= 4 is 16.8 Å². The summed E-state index contributed by atoms with van der Waals surface area (Å²) in [6, 6.07) is 3.96. The number of H-pyrrole nitrogens is 1. The summed E-state index contributed by atoms with van der Waals surface area (Å²) in [6.45, 7) is 2.19. The second kappa shape index (κ2) is 6.56. The molecule has 0 bridgehead atoms. The molecular formula is C19H18N8O. The fraction of sp³-hybridized carbons (Fsp3) is 0.368. The lowest BCUT2D eigenvalue weighted by molar-refractivity contribution is 0.194. The molecule has 9 heteroatoms. The summed E-state index contributed by atoms with van der Waals surface area (Å²) in [5.41, 5.74) is 2.83. The van der Waals surface area contributed by atoms with Crippen LogP contribution in [0.3, 0.4) is 0 Å². The maximum atomic E-state index is 8.85. The van der Waals surface area contributed by atoms with Crippen LogP contribution in [0, 0.1) is 17.2 Å². The monoisotopic (exact) mass is 374 g/mol.